The van der Waals surface area contributed by atoms with Crippen LogP contribution >= 0.6 is 0 Å². The number of amides is 1. The van der Waals surface area contributed by atoms with Gasteiger partial charge in [-0.2, -0.15) is 13.2 Å². The summed E-state index contributed by atoms with van der Waals surface area (Å²) in [5.41, 5.74) is -1.69. The monoisotopic (exact) mass is 293 g/mol. The smallest absolute Gasteiger partial charge is 0.391 e. The van der Waals surface area contributed by atoms with E-state index >= 15 is 0 Å². The minimum absolute atomic E-state index is 0.0606. The van der Waals surface area contributed by atoms with Crippen LogP contribution in [0.25, 0.3) is 0 Å². The molecule has 0 aromatic carbocycles. The first-order chi connectivity index (χ1) is 9.18. The third-order valence-corrected chi connectivity index (χ3v) is 4.30. The van der Waals surface area contributed by atoms with E-state index in [4.69, 9.17) is 0 Å². The molecule has 114 valence electrons. The van der Waals surface area contributed by atoms with Crippen molar-refractivity contribution in [1.29, 1.82) is 0 Å². The quantitative estimate of drug-likeness (QED) is 0.870. The lowest BCUT2D eigenvalue weighted by atomic mass is 9.74. The molecule has 7 heteroatoms. The third kappa shape index (κ3) is 2.62. The molecule has 0 bridgehead atoms. The highest BCUT2D eigenvalue weighted by Gasteiger charge is 2.57. The van der Waals surface area contributed by atoms with E-state index in [1.807, 2.05) is 0 Å². The second-order valence-corrected chi connectivity index (χ2v) is 5.79. The number of nitrogens with zero attached hydrogens (tertiary/aromatic N) is 1. The van der Waals surface area contributed by atoms with E-state index in [9.17, 15) is 27.9 Å². The summed E-state index contributed by atoms with van der Waals surface area (Å²) in [7, 11) is 0. The van der Waals surface area contributed by atoms with Crippen LogP contribution in [0.4, 0.5) is 13.2 Å². The Morgan fingerprint density at radius 3 is 2.25 bits per heavy atom. The lowest BCUT2D eigenvalue weighted by Crippen LogP contribution is -2.60. The summed E-state index contributed by atoms with van der Waals surface area (Å²) in [6.07, 6.45) is -3.38. The second-order valence-electron chi connectivity index (χ2n) is 5.79. The van der Waals surface area contributed by atoms with Crippen LogP contribution in [0.2, 0.25) is 0 Å². The van der Waals surface area contributed by atoms with Crippen molar-refractivity contribution in [3.8, 4) is 0 Å². The van der Waals surface area contributed by atoms with Gasteiger partial charge in [-0.3, -0.25) is 4.79 Å². The minimum atomic E-state index is -4.41. The summed E-state index contributed by atoms with van der Waals surface area (Å²) in [5.74, 6) is -3.40. The van der Waals surface area contributed by atoms with Crippen molar-refractivity contribution in [1.82, 2.24) is 4.90 Å². The van der Waals surface area contributed by atoms with Crippen molar-refractivity contribution < 1.29 is 27.9 Å². The Morgan fingerprint density at radius 2 is 1.85 bits per heavy atom. The van der Waals surface area contributed by atoms with Gasteiger partial charge < -0.3 is 10.0 Å². The number of rotatable bonds is 3. The molecule has 0 spiro atoms. The van der Waals surface area contributed by atoms with Gasteiger partial charge in [0.05, 0.1) is 5.92 Å². The number of carboxylic acid groups (broad SMARTS) is 1. The second kappa shape index (κ2) is 4.93. The summed E-state index contributed by atoms with van der Waals surface area (Å²) in [6.45, 7) is 1.24. The Labute approximate surface area is 114 Å². The van der Waals surface area contributed by atoms with Crippen LogP contribution in [-0.2, 0) is 9.59 Å². The largest absolute Gasteiger partial charge is 0.479 e. The molecule has 0 saturated heterocycles. The lowest BCUT2D eigenvalue weighted by molar-refractivity contribution is -0.200. The van der Waals surface area contributed by atoms with Crippen LogP contribution in [0.3, 0.4) is 0 Å². The molecule has 2 unspecified atom stereocenters. The van der Waals surface area contributed by atoms with E-state index in [2.05, 4.69) is 0 Å². The van der Waals surface area contributed by atoms with Crippen LogP contribution in [0.15, 0.2) is 0 Å². The number of alkyl halides is 3. The van der Waals surface area contributed by atoms with E-state index in [1.165, 1.54) is 11.8 Å². The number of carbonyl (C=O) groups excluding carboxylic acids is 1. The predicted molar refractivity (Wildman–Crippen MR) is 63.9 cm³/mol. The molecule has 1 N–H and O–H groups in total. The standard InChI is InChI=1S/C13H18F3NO3/c1-8(18)17(10-4-5-10)12(11(19)20)6-2-3-9(7-12)13(14,15)16/h9-10H,2-7H2,1H3,(H,19,20). The lowest BCUT2D eigenvalue weighted by Gasteiger charge is -2.45. The zero-order valence-electron chi connectivity index (χ0n) is 11.2. The topological polar surface area (TPSA) is 57.6 Å². The first-order valence-electron chi connectivity index (χ1n) is 6.78. The molecule has 2 rings (SSSR count). The molecule has 0 heterocycles. The average Bonchev–Trinajstić information content (AvgIpc) is 3.12. The first-order valence-corrected chi connectivity index (χ1v) is 6.78. The van der Waals surface area contributed by atoms with E-state index in [0.717, 1.165) is 0 Å². The number of carbonyl (C=O) groups is 2. The number of hydrogen-bond acceptors (Lipinski definition) is 2. The van der Waals surface area contributed by atoms with E-state index in [0.29, 0.717) is 12.8 Å². The van der Waals surface area contributed by atoms with Gasteiger partial charge in [0.1, 0.15) is 5.54 Å². The number of carboxylic acids is 1. The zero-order valence-corrected chi connectivity index (χ0v) is 11.2. The average molecular weight is 293 g/mol. The van der Waals surface area contributed by atoms with E-state index < -0.39 is 35.9 Å². The molecule has 2 atom stereocenters. The predicted octanol–water partition coefficient (Wildman–Crippen LogP) is 2.57. The summed E-state index contributed by atoms with van der Waals surface area (Å²) < 4.78 is 38.8. The molecular formula is C13H18F3NO3. The molecule has 2 aliphatic carbocycles. The maximum Gasteiger partial charge on any atom is 0.391 e. The van der Waals surface area contributed by atoms with Crippen LogP contribution in [-0.4, -0.2) is 39.6 Å². The fraction of sp³-hybridized carbons (Fsp3) is 0.846. The van der Waals surface area contributed by atoms with Crippen molar-refractivity contribution in [2.75, 3.05) is 0 Å². The molecule has 0 aliphatic heterocycles. The van der Waals surface area contributed by atoms with Gasteiger partial charge >= 0.3 is 12.1 Å². The Kier molecular flexibility index (Phi) is 3.73. The Bertz CT molecular complexity index is 420. The summed E-state index contributed by atoms with van der Waals surface area (Å²) in [6, 6.07) is -0.212. The first kappa shape index (κ1) is 15.1. The summed E-state index contributed by atoms with van der Waals surface area (Å²) in [5, 5.41) is 9.51. The van der Waals surface area contributed by atoms with Crippen LogP contribution in [0.1, 0.15) is 45.4 Å². The van der Waals surface area contributed by atoms with Crippen molar-refractivity contribution in [2.45, 2.75) is 63.2 Å². The highest BCUT2D eigenvalue weighted by Crippen LogP contribution is 2.47. The van der Waals surface area contributed by atoms with Crippen LogP contribution in [0, 0.1) is 5.92 Å². The Hall–Kier alpha value is -1.27. The van der Waals surface area contributed by atoms with Gasteiger partial charge in [0.15, 0.2) is 0 Å². The fourth-order valence-electron chi connectivity index (χ4n) is 3.29. The highest BCUT2D eigenvalue weighted by molar-refractivity contribution is 5.86. The van der Waals surface area contributed by atoms with Gasteiger partial charge in [-0.15, -0.1) is 0 Å². The molecule has 1 amide bonds. The molecule has 2 aliphatic rings. The van der Waals surface area contributed by atoms with Crippen molar-refractivity contribution in [3.63, 3.8) is 0 Å². The molecule has 2 saturated carbocycles. The molecule has 20 heavy (non-hydrogen) atoms. The summed E-state index contributed by atoms with van der Waals surface area (Å²) >= 11 is 0. The third-order valence-electron chi connectivity index (χ3n) is 4.30. The maximum atomic E-state index is 12.9. The van der Waals surface area contributed by atoms with Crippen LogP contribution in [0.5, 0.6) is 0 Å². The van der Waals surface area contributed by atoms with E-state index in [1.54, 1.807) is 0 Å². The minimum Gasteiger partial charge on any atom is -0.479 e. The van der Waals surface area contributed by atoms with Crippen molar-refractivity contribution >= 4 is 11.9 Å². The van der Waals surface area contributed by atoms with Gasteiger partial charge in [-0.05, 0) is 38.5 Å². The molecule has 2 fully saturated rings. The normalized spacial score (nSPS) is 30.9. The molecular weight excluding hydrogens is 275 g/mol. The molecule has 0 radical (unpaired) electrons. The highest BCUT2D eigenvalue weighted by atomic mass is 19.4. The molecule has 4 nitrogen and oxygen atoms in total. The zero-order chi connectivity index (χ0) is 15.1. The van der Waals surface area contributed by atoms with Crippen molar-refractivity contribution in [2.24, 2.45) is 5.92 Å². The van der Waals surface area contributed by atoms with Gasteiger partial charge in [0.2, 0.25) is 5.91 Å². The number of aliphatic carboxylic acids is 1. The van der Waals surface area contributed by atoms with E-state index in [-0.39, 0.29) is 25.3 Å². The van der Waals surface area contributed by atoms with Gasteiger partial charge in [0, 0.05) is 13.0 Å². The van der Waals surface area contributed by atoms with Crippen molar-refractivity contribution in [3.05, 3.63) is 0 Å². The number of halogens is 3. The maximum absolute atomic E-state index is 12.9. The fourth-order valence-corrected chi connectivity index (χ4v) is 3.29. The van der Waals surface area contributed by atoms with Crippen LogP contribution < -0.4 is 0 Å². The van der Waals surface area contributed by atoms with Gasteiger partial charge in [-0.25, -0.2) is 4.79 Å². The van der Waals surface area contributed by atoms with Gasteiger partial charge in [-0.1, -0.05) is 0 Å². The Morgan fingerprint density at radius 1 is 1.25 bits per heavy atom. The molecule has 0 aromatic heterocycles. The summed E-state index contributed by atoms with van der Waals surface area (Å²) in [4.78, 5) is 24.6. The van der Waals surface area contributed by atoms with Gasteiger partial charge in [0.25, 0.3) is 0 Å². The Balaban J connectivity index is 2.33. The number of hydrogen-bond donors (Lipinski definition) is 1. The molecule has 0 aromatic rings. The SMILES string of the molecule is CC(=O)N(C1CC1)C1(C(=O)O)CCCC(C(F)(F)F)C1.